The molecule has 0 bridgehead atoms. The molecule has 210 valence electrons. The molecular formula is C32H30FN3O5. The first kappa shape index (κ1) is 27.6. The van der Waals surface area contributed by atoms with Crippen LogP contribution in [-0.2, 0) is 6.42 Å². The number of halogens is 1. The number of nitrogens with zero attached hydrogens (tertiary/aromatic N) is 3. The van der Waals surface area contributed by atoms with Gasteiger partial charge >= 0.3 is 0 Å². The molecule has 0 atom stereocenters. The Morgan fingerprint density at radius 1 is 0.902 bits per heavy atom. The predicted molar refractivity (Wildman–Crippen MR) is 154 cm³/mol. The molecule has 0 spiro atoms. The summed E-state index contributed by atoms with van der Waals surface area (Å²) in [5, 5.41) is 5.17. The summed E-state index contributed by atoms with van der Waals surface area (Å²) in [7, 11) is 3.07. The van der Waals surface area contributed by atoms with Crippen LogP contribution in [0, 0.1) is 19.7 Å². The van der Waals surface area contributed by atoms with E-state index in [1.54, 1.807) is 48.5 Å². The lowest BCUT2D eigenvalue weighted by molar-refractivity contribution is 0.0984. The Balaban J connectivity index is 1.39. The van der Waals surface area contributed by atoms with Gasteiger partial charge in [-0.1, -0.05) is 23.8 Å². The van der Waals surface area contributed by atoms with E-state index in [1.807, 2.05) is 39.0 Å². The third-order valence-electron chi connectivity index (χ3n) is 6.63. The zero-order valence-electron chi connectivity index (χ0n) is 23.5. The summed E-state index contributed by atoms with van der Waals surface area (Å²) in [6.45, 7) is 6.22. The first-order chi connectivity index (χ1) is 19.8. The van der Waals surface area contributed by atoms with Crippen molar-refractivity contribution in [1.29, 1.82) is 0 Å². The number of aromatic nitrogens is 3. The summed E-state index contributed by atoms with van der Waals surface area (Å²) in [5.74, 6) is 0.927. The predicted octanol–water partition coefficient (Wildman–Crippen LogP) is 6.81. The highest BCUT2D eigenvalue weighted by atomic mass is 19.1. The molecule has 0 radical (unpaired) electrons. The van der Waals surface area contributed by atoms with E-state index in [-0.39, 0.29) is 23.6 Å². The monoisotopic (exact) mass is 555 g/mol. The number of methoxy groups -OCH3 is 2. The number of hydrogen-bond acceptors (Lipinski definition) is 7. The van der Waals surface area contributed by atoms with Crippen molar-refractivity contribution in [3.63, 3.8) is 0 Å². The van der Waals surface area contributed by atoms with Gasteiger partial charge in [-0.15, -0.1) is 0 Å². The zero-order chi connectivity index (χ0) is 29.1. The molecule has 8 nitrogen and oxygen atoms in total. The van der Waals surface area contributed by atoms with Crippen LogP contribution in [0.1, 0.15) is 34.1 Å². The van der Waals surface area contributed by atoms with Gasteiger partial charge in [0.25, 0.3) is 0 Å². The summed E-state index contributed by atoms with van der Waals surface area (Å²) in [4.78, 5) is 17.7. The molecule has 3 aromatic carbocycles. The van der Waals surface area contributed by atoms with E-state index in [1.165, 1.54) is 19.2 Å². The second kappa shape index (κ2) is 11.7. The fraction of sp³-hybridized carbons (Fsp3) is 0.219. The van der Waals surface area contributed by atoms with Crippen LogP contribution in [0.4, 0.5) is 4.39 Å². The van der Waals surface area contributed by atoms with Gasteiger partial charge in [0, 0.05) is 24.1 Å². The number of carbonyl (C=O) groups excluding carboxylic acids is 1. The third kappa shape index (κ3) is 5.70. The molecule has 0 amide bonds. The summed E-state index contributed by atoms with van der Waals surface area (Å²) < 4.78 is 39.2. The fourth-order valence-corrected chi connectivity index (χ4v) is 4.66. The lowest BCUT2D eigenvalue weighted by atomic mass is 10.1. The quantitative estimate of drug-likeness (QED) is 0.175. The number of fused-ring (bicyclic) bond motifs is 1. The molecule has 0 N–H and O–H groups in total. The molecular weight excluding hydrogens is 525 g/mol. The van der Waals surface area contributed by atoms with Crippen molar-refractivity contribution in [3.8, 4) is 34.4 Å². The first-order valence-electron chi connectivity index (χ1n) is 13.1. The molecule has 0 unspecified atom stereocenters. The minimum absolute atomic E-state index is 0.0117. The van der Waals surface area contributed by atoms with Gasteiger partial charge in [-0.05, 0) is 62.2 Å². The molecule has 5 aromatic rings. The van der Waals surface area contributed by atoms with Crippen molar-refractivity contribution in [1.82, 2.24) is 14.8 Å². The molecule has 2 heterocycles. The molecule has 5 rings (SSSR count). The maximum Gasteiger partial charge on any atom is 0.191 e. The molecule has 0 fully saturated rings. The van der Waals surface area contributed by atoms with Crippen LogP contribution < -0.4 is 18.9 Å². The Kier molecular flexibility index (Phi) is 7.87. The number of benzene rings is 3. The maximum atomic E-state index is 15.2. The smallest absolute Gasteiger partial charge is 0.191 e. The molecule has 2 aromatic heterocycles. The molecule has 0 saturated carbocycles. The van der Waals surface area contributed by atoms with Crippen molar-refractivity contribution in [2.24, 2.45) is 0 Å². The van der Waals surface area contributed by atoms with Crippen LogP contribution in [0.3, 0.4) is 0 Å². The highest BCUT2D eigenvalue weighted by molar-refractivity contribution is 5.98. The number of carbonyl (C=O) groups is 1. The number of rotatable bonds is 10. The number of ketones is 1. The summed E-state index contributed by atoms with van der Waals surface area (Å²) in [5.41, 5.74) is 4.28. The average molecular weight is 556 g/mol. The number of aryl methyl sites for hydroxylation is 2. The Morgan fingerprint density at radius 2 is 1.68 bits per heavy atom. The van der Waals surface area contributed by atoms with Gasteiger partial charge in [0.1, 0.15) is 5.75 Å². The van der Waals surface area contributed by atoms with Gasteiger partial charge in [0.15, 0.2) is 40.3 Å². The Morgan fingerprint density at radius 3 is 2.39 bits per heavy atom. The highest BCUT2D eigenvalue weighted by Gasteiger charge is 2.21. The molecule has 0 aliphatic heterocycles. The lowest BCUT2D eigenvalue weighted by Gasteiger charge is -2.13. The van der Waals surface area contributed by atoms with Gasteiger partial charge in [-0.25, -0.2) is 9.07 Å². The van der Waals surface area contributed by atoms with Gasteiger partial charge < -0.3 is 18.9 Å². The topological polar surface area (TPSA) is 84.7 Å². The minimum atomic E-state index is -0.605. The van der Waals surface area contributed by atoms with Gasteiger partial charge in [-0.3, -0.25) is 9.78 Å². The van der Waals surface area contributed by atoms with Gasteiger partial charge in [-0.2, -0.15) is 5.10 Å². The van der Waals surface area contributed by atoms with E-state index >= 15 is 4.39 Å². The molecule has 0 aliphatic carbocycles. The van der Waals surface area contributed by atoms with Crippen LogP contribution >= 0.6 is 0 Å². The van der Waals surface area contributed by atoms with Crippen molar-refractivity contribution in [2.45, 2.75) is 27.2 Å². The summed E-state index contributed by atoms with van der Waals surface area (Å²) in [6, 6.07) is 15.5. The van der Waals surface area contributed by atoms with Crippen LogP contribution in [0.25, 0.3) is 16.6 Å². The van der Waals surface area contributed by atoms with Gasteiger partial charge in [0.05, 0.1) is 38.2 Å². The van der Waals surface area contributed by atoms with E-state index in [0.717, 1.165) is 16.8 Å². The van der Waals surface area contributed by atoms with E-state index in [2.05, 4.69) is 10.1 Å². The number of pyridine rings is 1. The molecule has 9 heteroatoms. The van der Waals surface area contributed by atoms with E-state index in [0.29, 0.717) is 46.1 Å². The van der Waals surface area contributed by atoms with E-state index in [9.17, 15) is 4.79 Å². The van der Waals surface area contributed by atoms with Crippen molar-refractivity contribution in [3.05, 3.63) is 95.2 Å². The Labute approximate surface area is 237 Å². The summed E-state index contributed by atoms with van der Waals surface area (Å²) >= 11 is 0. The second-order valence-electron chi connectivity index (χ2n) is 9.51. The zero-order valence-corrected chi connectivity index (χ0v) is 23.5. The molecule has 0 aliphatic rings. The van der Waals surface area contributed by atoms with Gasteiger partial charge in [0.2, 0.25) is 0 Å². The first-order valence-corrected chi connectivity index (χ1v) is 13.1. The number of ether oxygens (including phenoxy) is 4. The average Bonchev–Trinajstić information content (AvgIpc) is 3.37. The van der Waals surface area contributed by atoms with Crippen molar-refractivity contribution in [2.75, 3.05) is 20.8 Å². The Bertz CT molecular complexity index is 1750. The fourth-order valence-electron chi connectivity index (χ4n) is 4.66. The van der Waals surface area contributed by atoms with Crippen LogP contribution in [-0.4, -0.2) is 41.4 Å². The largest absolute Gasteiger partial charge is 0.493 e. The number of hydrogen-bond donors (Lipinski definition) is 0. The van der Waals surface area contributed by atoms with Crippen LogP contribution in [0.2, 0.25) is 0 Å². The lowest BCUT2D eigenvalue weighted by Crippen LogP contribution is -2.08. The maximum absolute atomic E-state index is 15.2. The van der Waals surface area contributed by atoms with Crippen LogP contribution in [0.15, 0.2) is 67.0 Å². The van der Waals surface area contributed by atoms with E-state index < -0.39 is 5.82 Å². The minimum Gasteiger partial charge on any atom is -0.493 e. The second-order valence-corrected chi connectivity index (χ2v) is 9.51. The van der Waals surface area contributed by atoms with Crippen molar-refractivity contribution < 1.29 is 28.1 Å². The SMILES string of the molecule is CCOc1cn(-c2ccc(C)cc2C)nc1C(=O)Cc1ccc(Oc2ccnc3cc(OC)c(OC)cc23)c(F)c1. The summed E-state index contributed by atoms with van der Waals surface area (Å²) in [6.07, 6.45) is 3.22. The highest BCUT2D eigenvalue weighted by Crippen LogP contribution is 2.37. The van der Waals surface area contributed by atoms with Crippen molar-refractivity contribution >= 4 is 16.7 Å². The normalized spacial score (nSPS) is 11.0. The number of Topliss-reactive ketones (excluding diaryl/α,β-unsaturated/α-hetero) is 1. The third-order valence-corrected chi connectivity index (χ3v) is 6.63. The molecule has 41 heavy (non-hydrogen) atoms. The van der Waals surface area contributed by atoms with E-state index in [4.69, 9.17) is 18.9 Å². The standard InChI is InChI=1S/C32H30FN3O5/c1-6-40-31-18-36(25-9-7-19(2)13-20(25)3)35-32(31)26(37)15-21-8-10-28(23(33)14-21)41-27-11-12-34-24-17-30(39-5)29(38-4)16-22(24)27/h7-14,16-18H,6,15H2,1-5H3. The molecule has 0 saturated heterocycles. The van der Waals surface area contributed by atoms with Crippen LogP contribution in [0.5, 0.6) is 28.7 Å². The Hall–Kier alpha value is -4.92.